The summed E-state index contributed by atoms with van der Waals surface area (Å²) in [5.74, 6) is 1.27. The molecule has 1 aromatic heterocycles. The summed E-state index contributed by atoms with van der Waals surface area (Å²) in [5.41, 5.74) is 2.41. The molecule has 2 aromatic rings. The Morgan fingerprint density at radius 2 is 1.86 bits per heavy atom. The van der Waals surface area contributed by atoms with Gasteiger partial charge in [-0.25, -0.2) is 0 Å². The Labute approximate surface area is 124 Å². The van der Waals surface area contributed by atoms with Gasteiger partial charge in [-0.1, -0.05) is 12.1 Å². The summed E-state index contributed by atoms with van der Waals surface area (Å²) in [7, 11) is 0. The molecule has 0 bridgehead atoms. The molecule has 0 N–H and O–H groups in total. The van der Waals surface area contributed by atoms with Crippen LogP contribution < -0.4 is 0 Å². The molecule has 110 valence electrons. The number of nitriles is 1. The third-order valence-electron chi connectivity index (χ3n) is 3.13. The molecule has 1 heterocycles. The molecule has 4 heteroatoms. The Hall–Kier alpha value is -2.09. The monoisotopic (exact) mass is 285 g/mol. The van der Waals surface area contributed by atoms with Crippen molar-refractivity contribution in [2.45, 2.75) is 27.1 Å². The minimum atomic E-state index is -0.511. The first-order chi connectivity index (χ1) is 10.2. The number of benzene rings is 1. The van der Waals surface area contributed by atoms with Gasteiger partial charge >= 0.3 is 0 Å². The Morgan fingerprint density at radius 3 is 2.48 bits per heavy atom. The second kappa shape index (κ2) is 7.07. The van der Waals surface area contributed by atoms with Gasteiger partial charge in [-0.15, -0.1) is 0 Å². The third-order valence-corrected chi connectivity index (χ3v) is 3.13. The standard InChI is InChI=1S/C17H19NO3/c1-4-19-17(20-5-2)15-10-9-14(21-15)16-12(3)7-6-8-13(16)11-18/h6-10,17H,4-5H2,1-3H3. The van der Waals surface area contributed by atoms with Crippen molar-refractivity contribution in [2.75, 3.05) is 13.2 Å². The fraction of sp³-hybridized carbons (Fsp3) is 0.353. The highest BCUT2D eigenvalue weighted by Crippen LogP contribution is 2.31. The van der Waals surface area contributed by atoms with E-state index in [0.29, 0.717) is 30.3 Å². The lowest BCUT2D eigenvalue weighted by atomic mass is 10.0. The Bertz CT molecular complexity index is 634. The van der Waals surface area contributed by atoms with E-state index in [-0.39, 0.29) is 0 Å². The van der Waals surface area contributed by atoms with E-state index in [1.807, 2.05) is 45.0 Å². The lowest BCUT2D eigenvalue weighted by molar-refractivity contribution is -0.150. The zero-order valence-electron chi connectivity index (χ0n) is 12.6. The van der Waals surface area contributed by atoms with Crippen molar-refractivity contribution in [1.29, 1.82) is 5.26 Å². The summed E-state index contributed by atoms with van der Waals surface area (Å²) in [4.78, 5) is 0. The quantitative estimate of drug-likeness (QED) is 0.746. The third kappa shape index (κ3) is 3.33. The summed E-state index contributed by atoms with van der Waals surface area (Å²) >= 11 is 0. The van der Waals surface area contributed by atoms with Crippen LogP contribution in [0.2, 0.25) is 0 Å². The van der Waals surface area contributed by atoms with Crippen LogP contribution in [-0.2, 0) is 9.47 Å². The zero-order chi connectivity index (χ0) is 15.2. The maximum Gasteiger partial charge on any atom is 0.217 e. The molecule has 1 aromatic carbocycles. The van der Waals surface area contributed by atoms with Crippen LogP contribution in [0, 0.1) is 18.3 Å². The molecular weight excluding hydrogens is 266 g/mol. The minimum Gasteiger partial charge on any atom is -0.456 e. The van der Waals surface area contributed by atoms with Gasteiger partial charge in [-0.3, -0.25) is 0 Å². The first kappa shape index (κ1) is 15.3. The maximum absolute atomic E-state index is 9.25. The summed E-state index contributed by atoms with van der Waals surface area (Å²) in [6, 6.07) is 11.5. The fourth-order valence-electron chi connectivity index (χ4n) is 2.22. The van der Waals surface area contributed by atoms with E-state index in [2.05, 4.69) is 6.07 Å². The van der Waals surface area contributed by atoms with E-state index in [4.69, 9.17) is 13.9 Å². The van der Waals surface area contributed by atoms with Crippen LogP contribution in [0.3, 0.4) is 0 Å². The summed E-state index contributed by atoms with van der Waals surface area (Å²) in [6.07, 6.45) is -0.511. The number of hydrogen-bond donors (Lipinski definition) is 0. The van der Waals surface area contributed by atoms with Crippen LogP contribution >= 0.6 is 0 Å². The van der Waals surface area contributed by atoms with Crippen LogP contribution in [0.4, 0.5) is 0 Å². The second-order valence-electron chi connectivity index (χ2n) is 4.55. The van der Waals surface area contributed by atoms with E-state index in [1.165, 1.54) is 0 Å². The van der Waals surface area contributed by atoms with Gasteiger partial charge in [0.25, 0.3) is 0 Å². The highest BCUT2D eigenvalue weighted by molar-refractivity contribution is 5.69. The van der Waals surface area contributed by atoms with Crippen molar-refractivity contribution in [3.63, 3.8) is 0 Å². The van der Waals surface area contributed by atoms with Crippen molar-refractivity contribution in [3.05, 3.63) is 47.2 Å². The summed E-state index contributed by atoms with van der Waals surface area (Å²) < 4.78 is 16.9. The minimum absolute atomic E-state index is 0.511. The van der Waals surface area contributed by atoms with Crippen molar-refractivity contribution in [2.24, 2.45) is 0 Å². The number of rotatable bonds is 6. The molecule has 0 saturated heterocycles. The topological polar surface area (TPSA) is 55.4 Å². The van der Waals surface area contributed by atoms with Gasteiger partial charge in [0.1, 0.15) is 5.76 Å². The molecule has 0 amide bonds. The Morgan fingerprint density at radius 1 is 1.14 bits per heavy atom. The molecule has 0 unspecified atom stereocenters. The first-order valence-corrected chi connectivity index (χ1v) is 7.04. The number of furan rings is 1. The van der Waals surface area contributed by atoms with Crippen LogP contribution in [0.1, 0.15) is 37.0 Å². The van der Waals surface area contributed by atoms with Crippen molar-refractivity contribution < 1.29 is 13.9 Å². The Kier molecular flexibility index (Phi) is 5.15. The summed E-state index contributed by atoms with van der Waals surface area (Å²) in [6.45, 7) is 6.85. The molecule has 0 aliphatic carbocycles. The lowest BCUT2D eigenvalue weighted by Gasteiger charge is -2.14. The van der Waals surface area contributed by atoms with Gasteiger partial charge in [-0.2, -0.15) is 5.26 Å². The molecule has 0 radical (unpaired) electrons. The normalized spacial score (nSPS) is 10.8. The average Bonchev–Trinajstić information content (AvgIpc) is 2.96. The molecule has 0 saturated carbocycles. The molecule has 21 heavy (non-hydrogen) atoms. The fourth-order valence-corrected chi connectivity index (χ4v) is 2.22. The number of aryl methyl sites for hydroxylation is 1. The van der Waals surface area contributed by atoms with Crippen molar-refractivity contribution in [3.8, 4) is 17.4 Å². The van der Waals surface area contributed by atoms with Gasteiger partial charge in [0.05, 0.1) is 11.6 Å². The van der Waals surface area contributed by atoms with E-state index in [1.54, 1.807) is 6.07 Å². The molecule has 4 nitrogen and oxygen atoms in total. The second-order valence-corrected chi connectivity index (χ2v) is 4.55. The smallest absolute Gasteiger partial charge is 0.217 e. The predicted molar refractivity (Wildman–Crippen MR) is 79.6 cm³/mol. The van der Waals surface area contributed by atoms with Crippen molar-refractivity contribution in [1.82, 2.24) is 0 Å². The van der Waals surface area contributed by atoms with Crippen LogP contribution in [0.25, 0.3) is 11.3 Å². The highest BCUT2D eigenvalue weighted by Gasteiger charge is 2.18. The molecule has 0 aliphatic rings. The first-order valence-electron chi connectivity index (χ1n) is 7.04. The molecule has 2 rings (SSSR count). The SMILES string of the molecule is CCOC(OCC)c1ccc(-c2c(C)cccc2C#N)o1. The predicted octanol–water partition coefficient (Wildman–Crippen LogP) is 4.20. The number of nitrogens with zero attached hydrogens (tertiary/aromatic N) is 1. The lowest BCUT2D eigenvalue weighted by Crippen LogP contribution is -2.07. The van der Waals surface area contributed by atoms with Gasteiger partial charge in [-0.05, 0) is 44.5 Å². The van der Waals surface area contributed by atoms with Crippen LogP contribution in [0.5, 0.6) is 0 Å². The molecule has 0 fully saturated rings. The van der Waals surface area contributed by atoms with E-state index >= 15 is 0 Å². The molecule has 0 atom stereocenters. The number of hydrogen-bond acceptors (Lipinski definition) is 4. The number of ether oxygens (including phenoxy) is 2. The molecular formula is C17H19NO3. The van der Waals surface area contributed by atoms with Gasteiger partial charge in [0, 0.05) is 18.8 Å². The van der Waals surface area contributed by atoms with Gasteiger partial charge in [0.2, 0.25) is 6.29 Å². The maximum atomic E-state index is 9.25. The molecule has 0 aliphatic heterocycles. The molecule has 0 spiro atoms. The largest absolute Gasteiger partial charge is 0.456 e. The van der Waals surface area contributed by atoms with Crippen LogP contribution in [0.15, 0.2) is 34.7 Å². The van der Waals surface area contributed by atoms with Crippen molar-refractivity contribution >= 4 is 0 Å². The van der Waals surface area contributed by atoms with Crippen LogP contribution in [-0.4, -0.2) is 13.2 Å². The highest BCUT2D eigenvalue weighted by atomic mass is 16.7. The van der Waals surface area contributed by atoms with E-state index in [0.717, 1.165) is 11.1 Å². The van der Waals surface area contributed by atoms with E-state index in [9.17, 15) is 5.26 Å². The van der Waals surface area contributed by atoms with Gasteiger partial charge in [0.15, 0.2) is 5.76 Å². The van der Waals surface area contributed by atoms with Gasteiger partial charge < -0.3 is 13.9 Å². The van der Waals surface area contributed by atoms with E-state index < -0.39 is 6.29 Å². The zero-order valence-corrected chi connectivity index (χ0v) is 12.6. The average molecular weight is 285 g/mol. The summed E-state index contributed by atoms with van der Waals surface area (Å²) in [5, 5.41) is 9.25. The Balaban J connectivity index is 2.38.